The Balaban J connectivity index is 1.72. The second kappa shape index (κ2) is 6.20. The Bertz CT molecular complexity index is 945. The van der Waals surface area contributed by atoms with Gasteiger partial charge in [-0.3, -0.25) is 4.99 Å². The molecule has 5 rings (SSSR count). The number of fused-ring (bicyclic) bond motifs is 4. The van der Waals surface area contributed by atoms with Gasteiger partial charge in [0.25, 0.3) is 0 Å². The quantitative estimate of drug-likeness (QED) is 0.512. The first-order valence-electron chi connectivity index (χ1n) is 8.87. The molecule has 1 aliphatic carbocycles. The van der Waals surface area contributed by atoms with Gasteiger partial charge in [0.05, 0.1) is 11.4 Å². The lowest BCUT2D eigenvalue weighted by Gasteiger charge is -2.31. The predicted octanol–water partition coefficient (Wildman–Crippen LogP) is 6.22. The van der Waals surface area contributed by atoms with Crippen molar-refractivity contribution in [1.82, 2.24) is 0 Å². The van der Waals surface area contributed by atoms with Crippen LogP contribution in [0.5, 0.6) is 0 Å². The van der Waals surface area contributed by atoms with Crippen molar-refractivity contribution in [3.63, 3.8) is 0 Å². The summed E-state index contributed by atoms with van der Waals surface area (Å²) in [7, 11) is 0. The molecule has 0 saturated heterocycles. The van der Waals surface area contributed by atoms with Crippen LogP contribution in [0.4, 0.5) is 5.69 Å². The summed E-state index contributed by atoms with van der Waals surface area (Å²) in [6, 6.07) is 28.3. The number of benzene rings is 3. The summed E-state index contributed by atoms with van der Waals surface area (Å²) < 4.78 is 0. The Morgan fingerprint density at radius 1 is 0.800 bits per heavy atom. The molecule has 0 unspecified atom stereocenters. The lowest BCUT2D eigenvalue weighted by Crippen LogP contribution is -2.27. The third-order valence-electron chi connectivity index (χ3n) is 5.22. The average molecular weight is 341 g/mol. The van der Waals surface area contributed by atoms with E-state index in [4.69, 9.17) is 4.99 Å². The molecule has 0 fully saturated rings. The first kappa shape index (κ1) is 15.0. The van der Waals surface area contributed by atoms with Crippen LogP contribution in [0, 0.1) is 5.92 Å². The molecule has 2 atom stereocenters. The molecule has 0 amide bonds. The summed E-state index contributed by atoms with van der Waals surface area (Å²) >= 11 is 1.98. The topological polar surface area (TPSA) is 12.4 Å². The Hall–Kier alpha value is -2.32. The summed E-state index contributed by atoms with van der Waals surface area (Å²) in [4.78, 5) is 6.46. The first-order valence-corrected chi connectivity index (χ1v) is 9.75. The highest BCUT2D eigenvalue weighted by atomic mass is 32.2. The zero-order valence-corrected chi connectivity index (χ0v) is 14.7. The summed E-state index contributed by atoms with van der Waals surface area (Å²) in [6.45, 7) is 0. The third-order valence-corrected chi connectivity index (χ3v) is 6.68. The molecule has 0 spiro atoms. The molecule has 0 N–H and O–H groups in total. The summed E-state index contributed by atoms with van der Waals surface area (Å²) in [6.07, 6.45) is 2.30. The monoisotopic (exact) mass is 341 g/mol. The number of hydrogen-bond acceptors (Lipinski definition) is 2. The van der Waals surface area contributed by atoms with Crippen LogP contribution < -0.4 is 0 Å². The number of para-hydroxylation sites is 1. The van der Waals surface area contributed by atoms with Crippen molar-refractivity contribution in [2.24, 2.45) is 10.9 Å². The lowest BCUT2D eigenvalue weighted by atomic mass is 9.78. The van der Waals surface area contributed by atoms with Gasteiger partial charge in [-0.05, 0) is 41.7 Å². The molecule has 1 nitrogen and oxygen atoms in total. The van der Waals surface area contributed by atoms with E-state index in [-0.39, 0.29) is 0 Å². The Morgan fingerprint density at radius 2 is 1.56 bits per heavy atom. The van der Waals surface area contributed by atoms with E-state index in [1.807, 2.05) is 11.8 Å². The van der Waals surface area contributed by atoms with Gasteiger partial charge in [-0.2, -0.15) is 0 Å². The van der Waals surface area contributed by atoms with Gasteiger partial charge in [-0.1, -0.05) is 66.7 Å². The normalized spacial score (nSPS) is 21.4. The smallest absolute Gasteiger partial charge is 0.0769 e. The van der Waals surface area contributed by atoms with Crippen LogP contribution in [0.1, 0.15) is 28.4 Å². The first-order chi connectivity index (χ1) is 12.4. The van der Waals surface area contributed by atoms with Crippen LogP contribution in [-0.4, -0.2) is 5.71 Å². The van der Waals surface area contributed by atoms with Crippen molar-refractivity contribution in [1.29, 1.82) is 0 Å². The van der Waals surface area contributed by atoms with Crippen LogP contribution in [0.3, 0.4) is 0 Å². The fraction of sp³-hybridized carbons (Fsp3) is 0.174. The average Bonchev–Trinajstić information content (AvgIpc) is 2.85. The molecule has 0 saturated carbocycles. The molecule has 0 bridgehead atoms. The highest BCUT2D eigenvalue weighted by Gasteiger charge is 2.35. The molecule has 3 aromatic carbocycles. The van der Waals surface area contributed by atoms with Crippen molar-refractivity contribution in [3.8, 4) is 0 Å². The Kier molecular flexibility index (Phi) is 3.71. The maximum Gasteiger partial charge on any atom is 0.0769 e. The van der Waals surface area contributed by atoms with E-state index in [0.29, 0.717) is 11.2 Å². The number of rotatable bonds is 1. The number of aryl methyl sites for hydroxylation is 1. The van der Waals surface area contributed by atoms with Crippen LogP contribution in [-0.2, 0) is 6.42 Å². The van der Waals surface area contributed by atoms with E-state index in [1.54, 1.807) is 0 Å². The van der Waals surface area contributed by atoms with Gasteiger partial charge >= 0.3 is 0 Å². The Labute approximate surface area is 152 Å². The van der Waals surface area contributed by atoms with Gasteiger partial charge in [-0.15, -0.1) is 11.8 Å². The summed E-state index contributed by atoms with van der Waals surface area (Å²) in [5.41, 5.74) is 6.57. The van der Waals surface area contributed by atoms with Crippen LogP contribution >= 0.6 is 11.8 Å². The van der Waals surface area contributed by atoms with Gasteiger partial charge in [0.1, 0.15) is 0 Å². The van der Waals surface area contributed by atoms with Crippen LogP contribution in [0.15, 0.2) is 88.8 Å². The van der Waals surface area contributed by atoms with Gasteiger partial charge in [0.15, 0.2) is 0 Å². The predicted molar refractivity (Wildman–Crippen MR) is 106 cm³/mol. The van der Waals surface area contributed by atoms with E-state index in [1.165, 1.54) is 27.3 Å². The van der Waals surface area contributed by atoms with Crippen molar-refractivity contribution in [2.75, 3.05) is 0 Å². The molecule has 0 radical (unpaired) electrons. The summed E-state index contributed by atoms with van der Waals surface area (Å²) in [5, 5.41) is 0.414. The maximum atomic E-state index is 5.17. The second-order valence-electron chi connectivity index (χ2n) is 6.72. The molecule has 122 valence electrons. The number of thioether (sulfide) groups is 1. The molecule has 25 heavy (non-hydrogen) atoms. The van der Waals surface area contributed by atoms with E-state index >= 15 is 0 Å². The molecule has 1 aliphatic heterocycles. The molecule has 1 heterocycles. The highest BCUT2D eigenvalue weighted by molar-refractivity contribution is 7.99. The Morgan fingerprint density at radius 3 is 2.48 bits per heavy atom. The van der Waals surface area contributed by atoms with Gasteiger partial charge < -0.3 is 0 Å². The minimum atomic E-state index is 0.414. The largest absolute Gasteiger partial charge is 0.251 e. The fourth-order valence-corrected chi connectivity index (χ4v) is 5.40. The van der Waals surface area contributed by atoms with Crippen LogP contribution in [0.25, 0.3) is 0 Å². The van der Waals surface area contributed by atoms with Crippen molar-refractivity contribution in [2.45, 2.75) is 23.0 Å². The number of hydrogen-bond donors (Lipinski definition) is 0. The molecule has 0 aromatic heterocycles. The highest BCUT2D eigenvalue weighted by Crippen LogP contribution is 2.50. The zero-order valence-electron chi connectivity index (χ0n) is 13.9. The van der Waals surface area contributed by atoms with Crippen LogP contribution in [0.2, 0.25) is 0 Å². The van der Waals surface area contributed by atoms with Gasteiger partial charge in [-0.25, -0.2) is 0 Å². The molecule has 2 aliphatic rings. The summed E-state index contributed by atoms with van der Waals surface area (Å²) in [5.74, 6) is 0.453. The molecule has 3 aromatic rings. The van der Waals surface area contributed by atoms with Crippen molar-refractivity contribution < 1.29 is 0 Å². The third kappa shape index (κ3) is 2.61. The van der Waals surface area contributed by atoms with E-state index in [9.17, 15) is 0 Å². The molecule has 2 heteroatoms. The molecular formula is C23H19NS. The maximum absolute atomic E-state index is 5.17. The number of aliphatic imine (C=N–C) groups is 1. The molecular weight excluding hydrogens is 322 g/mol. The minimum absolute atomic E-state index is 0.414. The zero-order chi connectivity index (χ0) is 16.6. The van der Waals surface area contributed by atoms with Gasteiger partial charge in [0, 0.05) is 16.1 Å². The standard InChI is InChI=1S/C23H19NS/c1-2-9-17(10-3-1)23-19-15-14-16-8-4-5-11-18(16)22(19)24-20-12-6-7-13-21(20)25-23/h1-13,19,23H,14-15H2/t19-,23+/m0/s1. The minimum Gasteiger partial charge on any atom is -0.251 e. The second-order valence-corrected chi connectivity index (χ2v) is 7.90. The van der Waals surface area contributed by atoms with Crippen molar-refractivity contribution in [3.05, 3.63) is 95.6 Å². The fourth-order valence-electron chi connectivity index (χ4n) is 4.01. The SMILES string of the molecule is c1ccc([C@H]2Sc3ccccc3N=C3c4ccccc4CC[C@@H]32)cc1. The van der Waals surface area contributed by atoms with Gasteiger partial charge in [0.2, 0.25) is 0 Å². The van der Waals surface area contributed by atoms with E-state index < -0.39 is 0 Å². The van der Waals surface area contributed by atoms with Crippen molar-refractivity contribution >= 4 is 23.2 Å². The van der Waals surface area contributed by atoms with E-state index in [0.717, 1.165) is 18.5 Å². The number of nitrogens with zero attached hydrogens (tertiary/aromatic N) is 1. The van der Waals surface area contributed by atoms with E-state index in [2.05, 4.69) is 78.9 Å². The lowest BCUT2D eigenvalue weighted by molar-refractivity contribution is 0.597.